The minimum atomic E-state index is 0.446. The van der Waals surface area contributed by atoms with Gasteiger partial charge >= 0.3 is 0 Å². The maximum absolute atomic E-state index is 6.37. The molecular formula is C15H29NO. The molecule has 0 aliphatic heterocycles. The molecule has 0 saturated heterocycles. The summed E-state index contributed by atoms with van der Waals surface area (Å²) >= 11 is 0. The van der Waals surface area contributed by atoms with Crippen molar-refractivity contribution in [3.05, 3.63) is 0 Å². The fourth-order valence-electron chi connectivity index (χ4n) is 3.44. The molecule has 0 bridgehead atoms. The van der Waals surface area contributed by atoms with Crippen molar-refractivity contribution < 1.29 is 4.74 Å². The molecule has 2 N–H and O–H groups in total. The van der Waals surface area contributed by atoms with Gasteiger partial charge in [-0.15, -0.1) is 0 Å². The maximum atomic E-state index is 6.37. The predicted octanol–water partition coefficient (Wildman–Crippen LogP) is 3.35. The molecule has 100 valence electrons. The van der Waals surface area contributed by atoms with Crippen LogP contribution in [0.3, 0.4) is 0 Å². The largest absolute Gasteiger partial charge is 0.375 e. The molecule has 0 amide bonds. The van der Waals surface area contributed by atoms with Crippen molar-refractivity contribution in [2.45, 2.75) is 71.0 Å². The fraction of sp³-hybridized carbons (Fsp3) is 1.00. The topological polar surface area (TPSA) is 35.2 Å². The van der Waals surface area contributed by atoms with E-state index in [1.807, 2.05) is 0 Å². The van der Waals surface area contributed by atoms with Crippen LogP contribution in [-0.2, 0) is 4.74 Å². The molecule has 0 heterocycles. The average Bonchev–Trinajstić information content (AvgIpc) is 2.32. The Labute approximate surface area is 106 Å². The number of nitrogens with two attached hydrogens (primary N) is 1. The highest BCUT2D eigenvalue weighted by Gasteiger charge is 2.31. The van der Waals surface area contributed by atoms with Crippen molar-refractivity contribution in [2.24, 2.45) is 23.5 Å². The molecule has 0 radical (unpaired) electrons. The van der Waals surface area contributed by atoms with E-state index in [0.29, 0.717) is 18.1 Å². The zero-order valence-electron chi connectivity index (χ0n) is 11.5. The third-order valence-corrected chi connectivity index (χ3v) is 4.82. The standard InChI is InChI=1S/C15H29NO/c1-11-4-7-14(8-5-11)17-15-9-12(2)3-6-13(15)10-16/h11-15H,3-10,16H2,1-2H3. The van der Waals surface area contributed by atoms with Gasteiger partial charge in [0.25, 0.3) is 0 Å². The second kappa shape index (κ2) is 6.19. The number of hydrogen-bond donors (Lipinski definition) is 1. The Morgan fingerprint density at radius 2 is 1.59 bits per heavy atom. The van der Waals surface area contributed by atoms with E-state index >= 15 is 0 Å². The Hall–Kier alpha value is -0.0800. The molecule has 0 aromatic rings. The first-order chi connectivity index (χ1) is 8.19. The van der Waals surface area contributed by atoms with E-state index in [4.69, 9.17) is 10.5 Å². The van der Waals surface area contributed by atoms with E-state index in [2.05, 4.69) is 13.8 Å². The quantitative estimate of drug-likeness (QED) is 0.819. The summed E-state index contributed by atoms with van der Waals surface area (Å²) in [6, 6.07) is 0. The summed E-state index contributed by atoms with van der Waals surface area (Å²) in [4.78, 5) is 0. The highest BCUT2D eigenvalue weighted by Crippen LogP contribution is 2.34. The Bertz CT molecular complexity index is 223. The molecule has 0 spiro atoms. The van der Waals surface area contributed by atoms with Gasteiger partial charge in [0.05, 0.1) is 12.2 Å². The summed E-state index contributed by atoms with van der Waals surface area (Å²) in [6.07, 6.45) is 10.0. The second-order valence-corrected chi connectivity index (χ2v) is 6.47. The molecule has 3 unspecified atom stereocenters. The zero-order chi connectivity index (χ0) is 12.3. The molecule has 2 saturated carbocycles. The third kappa shape index (κ3) is 3.69. The van der Waals surface area contributed by atoms with Crippen LogP contribution >= 0.6 is 0 Å². The van der Waals surface area contributed by atoms with Gasteiger partial charge in [0.15, 0.2) is 0 Å². The lowest BCUT2D eigenvalue weighted by molar-refractivity contribution is -0.0821. The van der Waals surface area contributed by atoms with E-state index in [0.717, 1.165) is 18.4 Å². The first kappa shape index (κ1) is 13.4. The summed E-state index contributed by atoms with van der Waals surface area (Å²) in [6.45, 7) is 5.52. The molecule has 2 aliphatic rings. The maximum Gasteiger partial charge on any atom is 0.0621 e. The summed E-state index contributed by atoms with van der Waals surface area (Å²) in [5.41, 5.74) is 5.89. The van der Waals surface area contributed by atoms with Gasteiger partial charge in [-0.1, -0.05) is 20.3 Å². The molecule has 2 heteroatoms. The number of hydrogen-bond acceptors (Lipinski definition) is 2. The monoisotopic (exact) mass is 239 g/mol. The van der Waals surface area contributed by atoms with Crippen molar-refractivity contribution in [1.29, 1.82) is 0 Å². The van der Waals surface area contributed by atoms with E-state index in [-0.39, 0.29) is 0 Å². The summed E-state index contributed by atoms with van der Waals surface area (Å²) in [5.74, 6) is 2.35. The van der Waals surface area contributed by atoms with Gasteiger partial charge in [-0.2, -0.15) is 0 Å². The SMILES string of the molecule is CC1CCC(OC2CC(C)CCC2CN)CC1. The molecule has 17 heavy (non-hydrogen) atoms. The van der Waals surface area contributed by atoms with Gasteiger partial charge in [-0.25, -0.2) is 0 Å². The molecule has 0 aromatic carbocycles. The summed E-state index contributed by atoms with van der Waals surface area (Å²) < 4.78 is 6.37. The second-order valence-electron chi connectivity index (χ2n) is 6.47. The predicted molar refractivity (Wildman–Crippen MR) is 71.9 cm³/mol. The van der Waals surface area contributed by atoms with Gasteiger partial charge in [0, 0.05) is 0 Å². The van der Waals surface area contributed by atoms with Crippen LogP contribution in [0.4, 0.5) is 0 Å². The van der Waals surface area contributed by atoms with E-state index in [1.165, 1.54) is 44.9 Å². The highest BCUT2D eigenvalue weighted by atomic mass is 16.5. The van der Waals surface area contributed by atoms with Crippen molar-refractivity contribution in [3.63, 3.8) is 0 Å². The normalized spacial score (nSPS) is 43.6. The van der Waals surface area contributed by atoms with Crippen LogP contribution in [-0.4, -0.2) is 18.8 Å². The average molecular weight is 239 g/mol. The number of rotatable bonds is 3. The van der Waals surface area contributed by atoms with Gasteiger partial charge < -0.3 is 10.5 Å². The third-order valence-electron chi connectivity index (χ3n) is 4.82. The Balaban J connectivity index is 1.83. The minimum Gasteiger partial charge on any atom is -0.375 e. The lowest BCUT2D eigenvalue weighted by Crippen LogP contribution is -2.39. The fourth-order valence-corrected chi connectivity index (χ4v) is 3.44. The molecule has 2 fully saturated rings. The minimum absolute atomic E-state index is 0.446. The van der Waals surface area contributed by atoms with Gasteiger partial charge in [0.2, 0.25) is 0 Å². The van der Waals surface area contributed by atoms with Crippen LogP contribution in [0, 0.1) is 17.8 Å². The Morgan fingerprint density at radius 3 is 2.24 bits per heavy atom. The zero-order valence-corrected chi connectivity index (χ0v) is 11.5. The smallest absolute Gasteiger partial charge is 0.0621 e. The molecule has 3 atom stereocenters. The van der Waals surface area contributed by atoms with Crippen molar-refractivity contribution in [3.8, 4) is 0 Å². The molecule has 0 aromatic heterocycles. The van der Waals surface area contributed by atoms with Gasteiger partial charge in [0.1, 0.15) is 0 Å². The number of ether oxygens (including phenoxy) is 1. The van der Waals surface area contributed by atoms with Crippen molar-refractivity contribution >= 4 is 0 Å². The van der Waals surface area contributed by atoms with Crippen molar-refractivity contribution in [1.82, 2.24) is 0 Å². The molecule has 2 rings (SSSR count). The molecule has 2 aliphatic carbocycles. The highest BCUT2D eigenvalue weighted by molar-refractivity contribution is 4.82. The molecule has 2 nitrogen and oxygen atoms in total. The van der Waals surface area contributed by atoms with Crippen LogP contribution in [0.15, 0.2) is 0 Å². The van der Waals surface area contributed by atoms with Gasteiger partial charge in [-0.05, 0) is 62.8 Å². The van der Waals surface area contributed by atoms with Crippen LogP contribution in [0.1, 0.15) is 58.8 Å². The van der Waals surface area contributed by atoms with Gasteiger partial charge in [-0.3, -0.25) is 0 Å². The van der Waals surface area contributed by atoms with E-state index in [1.54, 1.807) is 0 Å². The Kier molecular flexibility index (Phi) is 4.87. The summed E-state index contributed by atoms with van der Waals surface area (Å²) in [5, 5.41) is 0. The van der Waals surface area contributed by atoms with E-state index in [9.17, 15) is 0 Å². The first-order valence-corrected chi connectivity index (χ1v) is 7.54. The Morgan fingerprint density at radius 1 is 0.941 bits per heavy atom. The summed E-state index contributed by atoms with van der Waals surface area (Å²) in [7, 11) is 0. The first-order valence-electron chi connectivity index (χ1n) is 7.54. The van der Waals surface area contributed by atoms with Crippen LogP contribution in [0.5, 0.6) is 0 Å². The molecular weight excluding hydrogens is 210 g/mol. The van der Waals surface area contributed by atoms with E-state index < -0.39 is 0 Å². The van der Waals surface area contributed by atoms with Crippen LogP contribution in [0.25, 0.3) is 0 Å². The lowest BCUT2D eigenvalue weighted by Gasteiger charge is -2.38. The van der Waals surface area contributed by atoms with Crippen LogP contribution in [0.2, 0.25) is 0 Å². The van der Waals surface area contributed by atoms with Crippen LogP contribution < -0.4 is 5.73 Å². The van der Waals surface area contributed by atoms with Crippen molar-refractivity contribution in [2.75, 3.05) is 6.54 Å². The lowest BCUT2D eigenvalue weighted by atomic mass is 9.80.